The molecule has 0 aromatic heterocycles. The summed E-state index contributed by atoms with van der Waals surface area (Å²) in [5.41, 5.74) is 13.5. The lowest BCUT2D eigenvalue weighted by molar-refractivity contribution is -0.141. The third-order valence-electron chi connectivity index (χ3n) is 10.3. The smallest absolute Gasteiger partial charge is 0.317 e. The Morgan fingerprint density at radius 2 is 1.24 bits per heavy atom. The van der Waals surface area contributed by atoms with Crippen molar-refractivity contribution in [3.05, 3.63) is 71.8 Å². The minimum absolute atomic E-state index is 0. The second-order valence-corrected chi connectivity index (χ2v) is 14.6. The first-order valence-electron chi connectivity index (χ1n) is 18.7. The SMILES string of the molecule is CNC(=O)N1CCC12CCN(C(=O)[C@@H](CCCCN)NC(=O)[C@@H](CC(C)C)NC(=O)[C@@H](Cc1ccccc1)NC(=O)[C@H](N)Cc1ccccc1)CC2.Cl.Cl. The Bertz CT molecular complexity index is 1490. The normalized spacial score (nSPS) is 16.7. The lowest BCUT2D eigenvalue weighted by atomic mass is 9.76. The van der Waals surface area contributed by atoms with Gasteiger partial charge in [0, 0.05) is 38.6 Å². The summed E-state index contributed by atoms with van der Waals surface area (Å²) >= 11 is 0. The molecule has 1 spiro atoms. The van der Waals surface area contributed by atoms with Gasteiger partial charge in [0.25, 0.3) is 0 Å². The fourth-order valence-corrected chi connectivity index (χ4v) is 7.17. The van der Waals surface area contributed by atoms with Gasteiger partial charge in [0.15, 0.2) is 0 Å². The second-order valence-electron chi connectivity index (χ2n) is 14.6. The molecule has 0 bridgehead atoms. The molecule has 0 aliphatic carbocycles. The summed E-state index contributed by atoms with van der Waals surface area (Å²) in [5.74, 6) is -1.59. The molecule has 4 atom stereocenters. The van der Waals surface area contributed by atoms with E-state index in [9.17, 15) is 24.0 Å². The third kappa shape index (κ3) is 12.9. The van der Waals surface area contributed by atoms with Crippen LogP contribution in [0.15, 0.2) is 60.7 Å². The molecule has 0 unspecified atom stereocenters. The van der Waals surface area contributed by atoms with E-state index >= 15 is 0 Å². The summed E-state index contributed by atoms with van der Waals surface area (Å²) in [6.07, 6.45) is 4.81. The number of hydrogen-bond donors (Lipinski definition) is 6. The zero-order valence-corrected chi connectivity index (χ0v) is 33.4. The Kier molecular flexibility index (Phi) is 19.2. The second kappa shape index (κ2) is 22.5. The average Bonchev–Trinajstić information content (AvgIpc) is 3.13. The molecular formula is C39H60Cl2N8O5. The van der Waals surface area contributed by atoms with Crippen LogP contribution in [-0.4, -0.2) is 102 Å². The number of piperidine rings is 1. The zero-order chi connectivity index (χ0) is 37.7. The summed E-state index contributed by atoms with van der Waals surface area (Å²) in [6.45, 7) is 6.03. The Balaban J connectivity index is 0.00000504. The number of halogens is 2. The van der Waals surface area contributed by atoms with Crippen LogP contribution in [-0.2, 0) is 32.0 Å². The molecule has 2 aliphatic heterocycles. The molecule has 2 aliphatic rings. The predicted molar refractivity (Wildman–Crippen MR) is 215 cm³/mol. The Morgan fingerprint density at radius 3 is 1.76 bits per heavy atom. The fraction of sp³-hybridized carbons (Fsp3) is 0.564. The lowest BCUT2D eigenvalue weighted by Crippen LogP contribution is -2.68. The topological polar surface area (TPSA) is 192 Å². The fourth-order valence-electron chi connectivity index (χ4n) is 7.17. The maximum Gasteiger partial charge on any atom is 0.317 e. The number of carbonyl (C=O) groups is 5. The molecule has 2 heterocycles. The Hall–Kier alpha value is -3.91. The molecule has 0 saturated carbocycles. The molecule has 8 N–H and O–H groups in total. The van der Waals surface area contributed by atoms with Gasteiger partial charge in [-0.15, -0.1) is 24.8 Å². The molecule has 15 heteroatoms. The van der Waals surface area contributed by atoms with Crippen LogP contribution in [0.25, 0.3) is 0 Å². The zero-order valence-electron chi connectivity index (χ0n) is 31.8. The number of likely N-dealkylation sites (tertiary alicyclic amines) is 2. The highest BCUT2D eigenvalue weighted by molar-refractivity contribution is 5.95. The van der Waals surface area contributed by atoms with Gasteiger partial charge in [-0.1, -0.05) is 74.5 Å². The van der Waals surface area contributed by atoms with Crippen molar-refractivity contribution in [2.45, 2.75) is 101 Å². The maximum atomic E-state index is 14.0. The number of carbonyl (C=O) groups excluding carboxylic acids is 5. The summed E-state index contributed by atoms with van der Waals surface area (Å²) < 4.78 is 0. The van der Waals surface area contributed by atoms with Crippen molar-refractivity contribution in [3.63, 3.8) is 0 Å². The molecule has 2 aromatic carbocycles. The average molecular weight is 792 g/mol. The van der Waals surface area contributed by atoms with E-state index in [1.165, 1.54) is 0 Å². The first-order valence-corrected chi connectivity index (χ1v) is 18.7. The van der Waals surface area contributed by atoms with Gasteiger partial charge in [-0.2, -0.15) is 0 Å². The number of unbranched alkanes of at least 4 members (excludes halogenated alkanes) is 1. The highest BCUT2D eigenvalue weighted by Crippen LogP contribution is 2.40. The van der Waals surface area contributed by atoms with E-state index in [0.717, 1.165) is 17.5 Å². The minimum atomic E-state index is -0.997. The van der Waals surface area contributed by atoms with E-state index in [0.29, 0.717) is 71.1 Å². The highest BCUT2D eigenvalue weighted by Gasteiger charge is 2.49. The molecule has 2 saturated heterocycles. The Labute approximate surface area is 332 Å². The van der Waals surface area contributed by atoms with Gasteiger partial charge in [0.05, 0.1) is 6.04 Å². The first kappa shape index (κ1) is 46.2. The van der Waals surface area contributed by atoms with Crippen molar-refractivity contribution in [3.8, 4) is 0 Å². The largest absolute Gasteiger partial charge is 0.343 e. The highest BCUT2D eigenvalue weighted by atomic mass is 35.5. The number of nitrogens with zero attached hydrogens (tertiary/aromatic N) is 2. The van der Waals surface area contributed by atoms with E-state index in [1.54, 1.807) is 11.9 Å². The Morgan fingerprint density at radius 1 is 0.722 bits per heavy atom. The van der Waals surface area contributed by atoms with Gasteiger partial charge >= 0.3 is 6.03 Å². The van der Waals surface area contributed by atoms with Crippen LogP contribution in [0.1, 0.15) is 69.9 Å². The lowest BCUT2D eigenvalue weighted by Gasteiger charge is -2.56. The van der Waals surface area contributed by atoms with Crippen LogP contribution in [0.4, 0.5) is 4.79 Å². The molecule has 13 nitrogen and oxygen atoms in total. The van der Waals surface area contributed by atoms with Crippen molar-refractivity contribution in [1.82, 2.24) is 31.1 Å². The van der Waals surface area contributed by atoms with Gasteiger partial charge in [-0.25, -0.2) is 4.79 Å². The standard InChI is InChI=1S/C39H58N8O5.2ClH/c1-27(2)24-32(45-36(50)33(26-29-14-8-5-9-15-29)44-34(48)30(41)25-28-12-6-4-7-13-28)35(49)43-31(16-10-11-20-40)37(51)46-21-17-39(18-22-46)19-23-47(39)38(52)42-3;;/h4-9,12-15,27,30-33H,10-11,16-26,40-41H2,1-3H3,(H,42,52)(H,43,49)(H,44,48)(H,45,50);2*1H/t30-,31-,32-,33-;;/m1../s1. The van der Waals surface area contributed by atoms with Gasteiger partial charge in [0.1, 0.15) is 18.1 Å². The van der Waals surface area contributed by atoms with Crippen molar-refractivity contribution < 1.29 is 24.0 Å². The van der Waals surface area contributed by atoms with Crippen LogP contribution in [0.5, 0.6) is 0 Å². The number of nitrogens with two attached hydrogens (primary N) is 2. The number of benzene rings is 2. The quantitative estimate of drug-likeness (QED) is 0.133. The van der Waals surface area contributed by atoms with Crippen LogP contribution < -0.4 is 32.7 Å². The molecule has 2 aromatic rings. The van der Waals surface area contributed by atoms with E-state index < -0.39 is 41.9 Å². The summed E-state index contributed by atoms with van der Waals surface area (Å²) in [5, 5.41) is 11.4. The molecule has 6 amide bonds. The monoisotopic (exact) mass is 790 g/mol. The summed E-state index contributed by atoms with van der Waals surface area (Å²) in [4.78, 5) is 71.2. The maximum absolute atomic E-state index is 14.0. The van der Waals surface area contributed by atoms with Crippen LogP contribution in [0.2, 0.25) is 0 Å². The van der Waals surface area contributed by atoms with Gasteiger partial charge in [-0.3, -0.25) is 19.2 Å². The van der Waals surface area contributed by atoms with Gasteiger partial charge in [-0.05, 0) is 75.0 Å². The van der Waals surface area contributed by atoms with Crippen molar-refractivity contribution >= 4 is 54.5 Å². The number of hydrogen-bond acceptors (Lipinski definition) is 7. The summed E-state index contributed by atoms with van der Waals surface area (Å²) in [7, 11) is 1.62. The number of nitrogens with one attached hydrogen (secondary N) is 4. The van der Waals surface area contributed by atoms with Gasteiger partial charge in [0.2, 0.25) is 23.6 Å². The first-order chi connectivity index (χ1) is 25.0. The van der Waals surface area contributed by atoms with E-state index in [-0.39, 0.29) is 54.6 Å². The molecule has 4 rings (SSSR count). The van der Waals surface area contributed by atoms with Crippen LogP contribution in [0.3, 0.4) is 0 Å². The third-order valence-corrected chi connectivity index (χ3v) is 10.3. The molecular weight excluding hydrogens is 731 g/mol. The van der Waals surface area contributed by atoms with Gasteiger partial charge < -0.3 is 42.5 Å². The summed E-state index contributed by atoms with van der Waals surface area (Å²) in [6, 6.07) is 15.0. The van der Waals surface area contributed by atoms with E-state index in [2.05, 4.69) is 21.3 Å². The molecule has 0 radical (unpaired) electrons. The molecule has 54 heavy (non-hydrogen) atoms. The number of urea groups is 1. The van der Waals surface area contributed by atoms with Crippen LogP contribution >= 0.6 is 24.8 Å². The predicted octanol–water partition coefficient (Wildman–Crippen LogP) is 2.68. The van der Waals surface area contributed by atoms with E-state index in [4.69, 9.17) is 11.5 Å². The van der Waals surface area contributed by atoms with E-state index in [1.807, 2.05) is 79.4 Å². The number of amides is 6. The minimum Gasteiger partial charge on any atom is -0.343 e. The van der Waals surface area contributed by atoms with Crippen molar-refractivity contribution in [2.75, 3.05) is 33.2 Å². The van der Waals surface area contributed by atoms with Crippen molar-refractivity contribution in [2.24, 2.45) is 17.4 Å². The number of rotatable bonds is 17. The molecule has 300 valence electrons. The molecule has 2 fully saturated rings. The van der Waals surface area contributed by atoms with Crippen LogP contribution in [0, 0.1) is 5.92 Å². The van der Waals surface area contributed by atoms with Crippen molar-refractivity contribution in [1.29, 1.82) is 0 Å².